The fraction of sp³-hybridized carbons (Fsp3) is 0.400. The van der Waals surface area contributed by atoms with Crippen molar-refractivity contribution in [2.75, 3.05) is 13.6 Å². The highest BCUT2D eigenvalue weighted by atomic mass is 127. The molecule has 0 atom stereocenters. The van der Waals surface area contributed by atoms with Crippen molar-refractivity contribution >= 4 is 35.6 Å². The predicted octanol–water partition coefficient (Wildman–Crippen LogP) is 0.866. The quantitative estimate of drug-likeness (QED) is 0.325. The van der Waals surface area contributed by atoms with Crippen molar-refractivity contribution in [1.82, 2.24) is 40.0 Å². The fourth-order valence-electron chi connectivity index (χ4n) is 2.43. The van der Waals surface area contributed by atoms with Gasteiger partial charge >= 0.3 is 0 Å². The lowest BCUT2D eigenvalue weighted by molar-refractivity contribution is 0.631. The Labute approximate surface area is 163 Å². The number of halogens is 1. The van der Waals surface area contributed by atoms with Crippen LogP contribution in [0.1, 0.15) is 18.6 Å². The molecule has 3 aromatic rings. The van der Waals surface area contributed by atoms with Gasteiger partial charge < -0.3 is 15.2 Å². The first kappa shape index (κ1) is 19.1. The maximum atomic E-state index is 4.23. The molecule has 134 valence electrons. The zero-order valence-electron chi connectivity index (χ0n) is 14.3. The Hall–Kier alpha value is -2.24. The van der Waals surface area contributed by atoms with E-state index in [1.165, 1.54) is 0 Å². The molecule has 0 radical (unpaired) electrons. The summed E-state index contributed by atoms with van der Waals surface area (Å²) in [5.41, 5.74) is 0.831. The molecule has 9 nitrogen and oxygen atoms in total. The van der Waals surface area contributed by atoms with E-state index in [2.05, 4.69) is 42.9 Å². The highest BCUT2D eigenvalue weighted by molar-refractivity contribution is 14.0. The molecule has 0 saturated heterocycles. The Balaban J connectivity index is 0.00000225. The number of hydrogen-bond donors (Lipinski definition) is 2. The number of aliphatic imine (C=N–C) groups is 1. The lowest BCUT2D eigenvalue weighted by atomic mass is 10.4. The summed E-state index contributed by atoms with van der Waals surface area (Å²) in [6, 6.07) is 5.82. The van der Waals surface area contributed by atoms with Gasteiger partial charge in [0.25, 0.3) is 0 Å². The average molecular weight is 455 g/mol. The fourth-order valence-corrected chi connectivity index (χ4v) is 2.43. The van der Waals surface area contributed by atoms with Gasteiger partial charge in [-0.3, -0.25) is 9.39 Å². The zero-order chi connectivity index (χ0) is 16.8. The van der Waals surface area contributed by atoms with Crippen LogP contribution in [0.3, 0.4) is 0 Å². The van der Waals surface area contributed by atoms with Gasteiger partial charge in [-0.1, -0.05) is 13.0 Å². The van der Waals surface area contributed by atoms with E-state index >= 15 is 0 Å². The van der Waals surface area contributed by atoms with Crippen molar-refractivity contribution in [3.05, 3.63) is 42.4 Å². The molecule has 0 saturated carbocycles. The van der Waals surface area contributed by atoms with Crippen LogP contribution in [0.2, 0.25) is 0 Å². The highest BCUT2D eigenvalue weighted by Crippen LogP contribution is 2.02. The first-order valence-electron chi connectivity index (χ1n) is 7.91. The number of guanidine groups is 1. The molecule has 0 aliphatic heterocycles. The first-order valence-corrected chi connectivity index (χ1v) is 7.91. The van der Waals surface area contributed by atoms with Gasteiger partial charge in [-0.2, -0.15) is 0 Å². The van der Waals surface area contributed by atoms with Gasteiger partial charge in [-0.15, -0.1) is 44.4 Å². The number of hydrogen-bond acceptors (Lipinski definition) is 5. The van der Waals surface area contributed by atoms with Crippen LogP contribution in [0.25, 0.3) is 5.65 Å². The first-order chi connectivity index (χ1) is 11.8. The second-order valence-electron chi connectivity index (χ2n) is 5.19. The molecule has 3 rings (SSSR count). The number of aromatic nitrogens is 6. The van der Waals surface area contributed by atoms with Crippen LogP contribution in [0.4, 0.5) is 0 Å². The summed E-state index contributed by atoms with van der Waals surface area (Å²) in [6.07, 6.45) is 4.56. The van der Waals surface area contributed by atoms with Gasteiger partial charge in [-0.25, -0.2) is 0 Å². The van der Waals surface area contributed by atoms with Crippen LogP contribution in [-0.4, -0.2) is 48.9 Å². The Morgan fingerprint density at radius 1 is 1.16 bits per heavy atom. The van der Waals surface area contributed by atoms with Crippen LogP contribution in [0, 0.1) is 0 Å². The van der Waals surface area contributed by atoms with Crippen molar-refractivity contribution in [1.29, 1.82) is 0 Å². The molecule has 0 spiro atoms. The van der Waals surface area contributed by atoms with E-state index < -0.39 is 0 Å². The number of aryl methyl sites for hydroxylation is 1. The van der Waals surface area contributed by atoms with E-state index in [0.29, 0.717) is 12.5 Å². The molecule has 25 heavy (non-hydrogen) atoms. The average Bonchev–Trinajstić information content (AvgIpc) is 3.24. The Morgan fingerprint density at radius 2 is 2.04 bits per heavy atom. The van der Waals surface area contributed by atoms with Crippen LogP contribution >= 0.6 is 24.0 Å². The maximum Gasteiger partial charge on any atom is 0.191 e. The van der Waals surface area contributed by atoms with Crippen LogP contribution in [0.15, 0.2) is 35.7 Å². The Morgan fingerprint density at radius 3 is 2.84 bits per heavy atom. The van der Waals surface area contributed by atoms with Crippen LogP contribution in [-0.2, 0) is 19.5 Å². The summed E-state index contributed by atoms with van der Waals surface area (Å²) < 4.78 is 3.98. The minimum absolute atomic E-state index is 0. The molecule has 0 aliphatic carbocycles. The maximum absolute atomic E-state index is 4.23. The molecular weight excluding hydrogens is 433 g/mol. The zero-order valence-corrected chi connectivity index (χ0v) is 16.6. The number of rotatable bonds is 6. The number of nitrogens with zero attached hydrogens (tertiary/aromatic N) is 7. The molecule has 0 aliphatic rings. The molecular formula is C15H22IN9. The molecule has 3 heterocycles. The van der Waals surface area contributed by atoms with E-state index in [1.54, 1.807) is 13.4 Å². The monoisotopic (exact) mass is 455 g/mol. The predicted molar refractivity (Wildman–Crippen MR) is 106 cm³/mol. The number of nitrogens with one attached hydrogen (secondary N) is 2. The minimum Gasteiger partial charge on any atom is -0.355 e. The summed E-state index contributed by atoms with van der Waals surface area (Å²) in [5.74, 6) is 2.53. The SMILES string of the molecule is CCc1nncn1CCNC(=NC)NCc1nnc2ccccn12.I. The van der Waals surface area contributed by atoms with Gasteiger partial charge in [0, 0.05) is 32.8 Å². The van der Waals surface area contributed by atoms with Gasteiger partial charge in [0.1, 0.15) is 12.2 Å². The molecule has 0 bridgehead atoms. The third kappa shape index (κ3) is 4.65. The minimum atomic E-state index is 0. The van der Waals surface area contributed by atoms with Gasteiger partial charge in [0.15, 0.2) is 17.4 Å². The largest absolute Gasteiger partial charge is 0.355 e. The Kier molecular flexibility index (Phi) is 7.10. The van der Waals surface area contributed by atoms with E-state index in [9.17, 15) is 0 Å². The van der Waals surface area contributed by atoms with Gasteiger partial charge in [0.2, 0.25) is 0 Å². The molecule has 0 unspecified atom stereocenters. The third-order valence-corrected chi connectivity index (χ3v) is 3.68. The normalized spacial score (nSPS) is 11.4. The summed E-state index contributed by atoms with van der Waals surface area (Å²) in [6.45, 7) is 4.12. The summed E-state index contributed by atoms with van der Waals surface area (Å²) >= 11 is 0. The second-order valence-corrected chi connectivity index (χ2v) is 5.19. The molecule has 3 aromatic heterocycles. The van der Waals surface area contributed by atoms with E-state index in [0.717, 1.165) is 36.8 Å². The molecule has 0 amide bonds. The highest BCUT2D eigenvalue weighted by Gasteiger charge is 2.06. The smallest absolute Gasteiger partial charge is 0.191 e. The summed E-state index contributed by atoms with van der Waals surface area (Å²) in [7, 11) is 1.74. The summed E-state index contributed by atoms with van der Waals surface area (Å²) in [4.78, 5) is 4.23. The van der Waals surface area contributed by atoms with Crippen molar-refractivity contribution in [2.24, 2.45) is 4.99 Å². The van der Waals surface area contributed by atoms with Gasteiger partial charge in [-0.05, 0) is 12.1 Å². The van der Waals surface area contributed by atoms with Crippen LogP contribution in [0.5, 0.6) is 0 Å². The van der Waals surface area contributed by atoms with Gasteiger partial charge in [0.05, 0.1) is 6.54 Å². The van der Waals surface area contributed by atoms with Crippen molar-refractivity contribution < 1.29 is 0 Å². The molecule has 2 N–H and O–H groups in total. The van der Waals surface area contributed by atoms with Crippen molar-refractivity contribution in [3.63, 3.8) is 0 Å². The standard InChI is InChI=1S/C15H21N9.HI/c1-3-12-20-19-11-23(12)9-7-17-15(16-2)18-10-14-22-21-13-6-4-5-8-24(13)14;/h4-6,8,11H,3,7,9-10H2,1-2H3,(H2,16,17,18);1H. The van der Waals surface area contributed by atoms with E-state index in [4.69, 9.17) is 0 Å². The number of pyridine rings is 1. The summed E-state index contributed by atoms with van der Waals surface area (Å²) in [5, 5.41) is 22.9. The Bertz CT molecular complexity index is 823. The topological polar surface area (TPSA) is 97.3 Å². The third-order valence-electron chi connectivity index (χ3n) is 3.68. The van der Waals surface area contributed by atoms with Crippen LogP contribution < -0.4 is 10.6 Å². The van der Waals surface area contributed by atoms with E-state index in [-0.39, 0.29) is 24.0 Å². The van der Waals surface area contributed by atoms with Crippen molar-refractivity contribution in [3.8, 4) is 0 Å². The van der Waals surface area contributed by atoms with E-state index in [1.807, 2.05) is 33.4 Å². The lowest BCUT2D eigenvalue weighted by Crippen LogP contribution is -2.38. The molecule has 0 fully saturated rings. The molecule has 10 heteroatoms. The number of fused-ring (bicyclic) bond motifs is 1. The van der Waals surface area contributed by atoms with Crippen molar-refractivity contribution in [2.45, 2.75) is 26.4 Å². The second kappa shape index (κ2) is 9.30. The molecule has 0 aromatic carbocycles. The lowest BCUT2D eigenvalue weighted by Gasteiger charge is -2.12.